The van der Waals surface area contributed by atoms with Crippen molar-refractivity contribution in [3.05, 3.63) is 23.8 Å². The standard InChI is InChI=1S/C14H21N3O/c1-9(2)17(8-10-3-4-10)13-7-11(14(16)18)5-6-12(13)15/h5-7,9-10H,3-4,8,15H2,1-2H3,(H2,16,18). The molecule has 0 aliphatic heterocycles. The van der Waals surface area contributed by atoms with E-state index in [2.05, 4.69) is 18.7 Å². The van der Waals surface area contributed by atoms with Crippen molar-refractivity contribution in [1.29, 1.82) is 0 Å². The Kier molecular flexibility index (Phi) is 3.45. The Labute approximate surface area is 108 Å². The Hall–Kier alpha value is -1.71. The predicted molar refractivity (Wildman–Crippen MR) is 74.6 cm³/mol. The summed E-state index contributed by atoms with van der Waals surface area (Å²) in [6.45, 7) is 5.28. The number of primary amides is 1. The third kappa shape index (κ3) is 2.75. The molecule has 1 fully saturated rings. The summed E-state index contributed by atoms with van der Waals surface area (Å²) in [6, 6.07) is 5.60. The van der Waals surface area contributed by atoms with Gasteiger partial charge in [0.2, 0.25) is 5.91 Å². The van der Waals surface area contributed by atoms with Crippen molar-refractivity contribution in [2.45, 2.75) is 32.7 Å². The van der Waals surface area contributed by atoms with Crippen LogP contribution in [0.15, 0.2) is 18.2 Å². The van der Waals surface area contributed by atoms with Crippen LogP contribution in [0.1, 0.15) is 37.0 Å². The molecule has 0 aromatic heterocycles. The Balaban J connectivity index is 2.32. The molecule has 18 heavy (non-hydrogen) atoms. The van der Waals surface area contributed by atoms with E-state index in [1.807, 2.05) is 0 Å². The lowest BCUT2D eigenvalue weighted by Crippen LogP contribution is -2.33. The van der Waals surface area contributed by atoms with Crippen molar-refractivity contribution in [3.8, 4) is 0 Å². The molecule has 0 bridgehead atoms. The van der Waals surface area contributed by atoms with Crippen LogP contribution in [0.3, 0.4) is 0 Å². The average Bonchev–Trinajstić information content (AvgIpc) is 3.10. The molecule has 4 heteroatoms. The van der Waals surface area contributed by atoms with Gasteiger partial charge in [-0.05, 0) is 50.8 Å². The highest BCUT2D eigenvalue weighted by atomic mass is 16.1. The van der Waals surface area contributed by atoms with E-state index in [9.17, 15) is 4.79 Å². The molecule has 0 atom stereocenters. The third-order valence-electron chi connectivity index (χ3n) is 3.40. The highest BCUT2D eigenvalue weighted by Gasteiger charge is 2.26. The molecule has 1 aliphatic rings. The fourth-order valence-electron chi connectivity index (χ4n) is 2.11. The van der Waals surface area contributed by atoms with E-state index in [-0.39, 0.29) is 0 Å². The lowest BCUT2D eigenvalue weighted by molar-refractivity contribution is 0.100. The molecule has 0 heterocycles. The highest BCUT2D eigenvalue weighted by molar-refractivity contribution is 5.95. The third-order valence-corrected chi connectivity index (χ3v) is 3.40. The van der Waals surface area contributed by atoms with Crippen LogP contribution in [0.5, 0.6) is 0 Å². The summed E-state index contributed by atoms with van der Waals surface area (Å²) in [5.41, 5.74) is 13.5. The largest absolute Gasteiger partial charge is 0.397 e. The zero-order chi connectivity index (χ0) is 13.3. The second-order valence-electron chi connectivity index (χ2n) is 5.33. The Morgan fingerprint density at radius 3 is 2.61 bits per heavy atom. The monoisotopic (exact) mass is 247 g/mol. The predicted octanol–water partition coefficient (Wildman–Crippen LogP) is 1.99. The minimum atomic E-state index is -0.411. The normalized spacial score (nSPS) is 14.8. The van der Waals surface area contributed by atoms with Crippen molar-refractivity contribution in [2.75, 3.05) is 17.2 Å². The zero-order valence-electron chi connectivity index (χ0n) is 11.0. The average molecular weight is 247 g/mol. The lowest BCUT2D eigenvalue weighted by Gasteiger charge is -2.30. The van der Waals surface area contributed by atoms with Crippen molar-refractivity contribution in [1.82, 2.24) is 0 Å². The number of hydrogen-bond donors (Lipinski definition) is 2. The topological polar surface area (TPSA) is 72.3 Å². The summed E-state index contributed by atoms with van der Waals surface area (Å²) in [5, 5.41) is 0. The van der Waals surface area contributed by atoms with Crippen molar-refractivity contribution in [3.63, 3.8) is 0 Å². The first kappa shape index (κ1) is 12.7. The highest BCUT2D eigenvalue weighted by Crippen LogP contribution is 2.34. The molecule has 1 aliphatic carbocycles. The van der Waals surface area contributed by atoms with Crippen LogP contribution in [0.25, 0.3) is 0 Å². The number of nitrogen functional groups attached to an aromatic ring is 1. The lowest BCUT2D eigenvalue weighted by atomic mass is 10.1. The molecular weight excluding hydrogens is 226 g/mol. The molecule has 0 radical (unpaired) electrons. The summed E-state index contributed by atoms with van der Waals surface area (Å²) in [5.74, 6) is 0.357. The number of carbonyl (C=O) groups is 1. The van der Waals surface area contributed by atoms with Crippen LogP contribution < -0.4 is 16.4 Å². The minimum Gasteiger partial charge on any atom is -0.397 e. The summed E-state index contributed by atoms with van der Waals surface area (Å²) in [7, 11) is 0. The van der Waals surface area contributed by atoms with Gasteiger partial charge in [-0.2, -0.15) is 0 Å². The number of hydrogen-bond acceptors (Lipinski definition) is 3. The van der Waals surface area contributed by atoms with Crippen molar-refractivity contribution in [2.24, 2.45) is 11.7 Å². The molecule has 4 N–H and O–H groups in total. The molecule has 2 rings (SSSR count). The number of rotatable bonds is 5. The summed E-state index contributed by atoms with van der Waals surface area (Å²) >= 11 is 0. The second-order valence-corrected chi connectivity index (χ2v) is 5.33. The Morgan fingerprint density at radius 2 is 2.11 bits per heavy atom. The van der Waals surface area contributed by atoms with Crippen LogP contribution in [0.4, 0.5) is 11.4 Å². The Bertz CT molecular complexity index is 452. The first-order chi connectivity index (χ1) is 8.49. The van der Waals surface area contributed by atoms with E-state index in [1.54, 1.807) is 18.2 Å². The van der Waals surface area contributed by atoms with Crippen LogP contribution in [0.2, 0.25) is 0 Å². The first-order valence-electron chi connectivity index (χ1n) is 6.45. The number of anilines is 2. The number of carbonyl (C=O) groups excluding carboxylic acids is 1. The number of nitrogens with two attached hydrogens (primary N) is 2. The summed E-state index contributed by atoms with van der Waals surface area (Å²) in [6.07, 6.45) is 2.58. The van der Waals surface area contributed by atoms with Gasteiger partial charge in [-0.15, -0.1) is 0 Å². The van der Waals surface area contributed by atoms with Gasteiger partial charge in [0, 0.05) is 18.2 Å². The maximum absolute atomic E-state index is 11.3. The first-order valence-corrected chi connectivity index (χ1v) is 6.45. The Morgan fingerprint density at radius 1 is 1.44 bits per heavy atom. The van der Waals surface area contributed by atoms with Gasteiger partial charge in [0.25, 0.3) is 0 Å². The van der Waals surface area contributed by atoms with Crippen molar-refractivity contribution < 1.29 is 4.79 Å². The molecule has 98 valence electrons. The van der Waals surface area contributed by atoms with E-state index >= 15 is 0 Å². The van der Waals surface area contributed by atoms with E-state index in [4.69, 9.17) is 11.5 Å². The van der Waals surface area contributed by atoms with Gasteiger partial charge in [-0.1, -0.05) is 0 Å². The molecule has 0 spiro atoms. The second kappa shape index (κ2) is 4.88. The van der Waals surface area contributed by atoms with Crippen LogP contribution >= 0.6 is 0 Å². The maximum Gasteiger partial charge on any atom is 0.248 e. The van der Waals surface area contributed by atoms with Gasteiger partial charge >= 0.3 is 0 Å². The summed E-state index contributed by atoms with van der Waals surface area (Å²) in [4.78, 5) is 13.5. The van der Waals surface area contributed by atoms with Gasteiger partial charge in [-0.3, -0.25) is 4.79 Å². The molecule has 1 aromatic rings. The molecule has 1 aromatic carbocycles. The zero-order valence-corrected chi connectivity index (χ0v) is 11.0. The number of nitrogens with zero attached hydrogens (tertiary/aromatic N) is 1. The molecule has 0 saturated heterocycles. The fourth-order valence-corrected chi connectivity index (χ4v) is 2.11. The van der Waals surface area contributed by atoms with Crippen LogP contribution in [-0.4, -0.2) is 18.5 Å². The summed E-state index contributed by atoms with van der Waals surface area (Å²) < 4.78 is 0. The van der Waals surface area contributed by atoms with Gasteiger partial charge < -0.3 is 16.4 Å². The number of benzene rings is 1. The smallest absolute Gasteiger partial charge is 0.248 e. The van der Waals surface area contributed by atoms with Gasteiger partial charge in [0.1, 0.15) is 0 Å². The minimum absolute atomic E-state index is 0.357. The maximum atomic E-state index is 11.3. The molecular formula is C14H21N3O. The quantitative estimate of drug-likeness (QED) is 0.782. The van der Waals surface area contributed by atoms with Crippen LogP contribution in [-0.2, 0) is 0 Å². The van der Waals surface area contributed by atoms with E-state index in [1.165, 1.54) is 12.8 Å². The van der Waals surface area contributed by atoms with Gasteiger partial charge in [0.15, 0.2) is 0 Å². The SMILES string of the molecule is CC(C)N(CC1CC1)c1cc(C(N)=O)ccc1N. The molecule has 0 unspecified atom stereocenters. The van der Waals surface area contributed by atoms with Gasteiger partial charge in [0.05, 0.1) is 11.4 Å². The van der Waals surface area contributed by atoms with E-state index in [0.29, 0.717) is 17.3 Å². The van der Waals surface area contributed by atoms with E-state index < -0.39 is 5.91 Å². The number of amides is 1. The van der Waals surface area contributed by atoms with E-state index in [0.717, 1.165) is 18.2 Å². The fraction of sp³-hybridized carbons (Fsp3) is 0.500. The molecule has 4 nitrogen and oxygen atoms in total. The van der Waals surface area contributed by atoms with Crippen LogP contribution in [0, 0.1) is 5.92 Å². The molecule has 1 saturated carbocycles. The van der Waals surface area contributed by atoms with Crippen molar-refractivity contribution >= 4 is 17.3 Å². The molecule has 1 amide bonds. The van der Waals surface area contributed by atoms with Gasteiger partial charge in [-0.25, -0.2) is 0 Å².